The molecule has 5 heteroatoms. The summed E-state index contributed by atoms with van der Waals surface area (Å²) in [6, 6.07) is 5.78. The second-order valence-electron chi connectivity index (χ2n) is 6.38. The zero-order valence-corrected chi connectivity index (χ0v) is 14.0. The minimum absolute atomic E-state index is 0.0466. The standard InChI is InChI=1S/C18H26O5/c1-12(2)7-8-16(10-19)13(3)11-23-18(22)15-6-4-5-14(9-15)17(20)21/h4-6,9,12-13,16,19H,7-8,10-11H2,1-3H3,(H,20,21). The molecule has 1 aromatic rings. The number of hydrogen-bond donors (Lipinski definition) is 2. The molecule has 0 spiro atoms. The molecule has 1 aromatic carbocycles. The van der Waals surface area contributed by atoms with Crippen LogP contribution in [0.4, 0.5) is 0 Å². The fraction of sp³-hybridized carbons (Fsp3) is 0.556. The van der Waals surface area contributed by atoms with E-state index in [-0.39, 0.29) is 36.2 Å². The molecule has 0 saturated carbocycles. The van der Waals surface area contributed by atoms with Crippen LogP contribution < -0.4 is 0 Å². The third-order valence-corrected chi connectivity index (χ3v) is 3.98. The Balaban J connectivity index is 2.57. The first kappa shape index (κ1) is 19.2. The van der Waals surface area contributed by atoms with Crippen LogP contribution in [0, 0.1) is 17.8 Å². The summed E-state index contributed by atoms with van der Waals surface area (Å²) in [7, 11) is 0. The van der Waals surface area contributed by atoms with Gasteiger partial charge in [-0.2, -0.15) is 0 Å². The lowest BCUT2D eigenvalue weighted by atomic mass is 9.89. The minimum atomic E-state index is -1.08. The van der Waals surface area contributed by atoms with E-state index in [4.69, 9.17) is 9.84 Å². The number of carbonyl (C=O) groups excluding carboxylic acids is 1. The Hall–Kier alpha value is -1.88. The molecule has 5 nitrogen and oxygen atoms in total. The number of hydrogen-bond acceptors (Lipinski definition) is 4. The van der Waals surface area contributed by atoms with Gasteiger partial charge < -0.3 is 14.9 Å². The first-order chi connectivity index (χ1) is 10.8. The largest absolute Gasteiger partial charge is 0.478 e. The molecule has 0 heterocycles. The van der Waals surface area contributed by atoms with Crippen LogP contribution in [0.15, 0.2) is 24.3 Å². The lowest BCUT2D eigenvalue weighted by molar-refractivity contribution is 0.0355. The van der Waals surface area contributed by atoms with Gasteiger partial charge in [-0.3, -0.25) is 0 Å². The van der Waals surface area contributed by atoms with E-state index in [0.29, 0.717) is 5.92 Å². The second-order valence-corrected chi connectivity index (χ2v) is 6.38. The van der Waals surface area contributed by atoms with Crippen LogP contribution in [0.5, 0.6) is 0 Å². The minimum Gasteiger partial charge on any atom is -0.478 e. The highest BCUT2D eigenvalue weighted by Crippen LogP contribution is 2.20. The van der Waals surface area contributed by atoms with Gasteiger partial charge in [0.2, 0.25) is 0 Å². The number of benzene rings is 1. The highest BCUT2D eigenvalue weighted by atomic mass is 16.5. The highest BCUT2D eigenvalue weighted by molar-refractivity contribution is 5.94. The molecule has 0 aromatic heterocycles. The molecule has 2 unspecified atom stereocenters. The van der Waals surface area contributed by atoms with Crippen molar-refractivity contribution in [1.82, 2.24) is 0 Å². The summed E-state index contributed by atoms with van der Waals surface area (Å²) in [6.45, 7) is 6.49. The summed E-state index contributed by atoms with van der Waals surface area (Å²) in [4.78, 5) is 22.9. The Labute approximate surface area is 137 Å². The third kappa shape index (κ3) is 6.40. The van der Waals surface area contributed by atoms with Crippen LogP contribution in [0.25, 0.3) is 0 Å². The van der Waals surface area contributed by atoms with E-state index in [9.17, 15) is 14.7 Å². The van der Waals surface area contributed by atoms with Crippen molar-refractivity contribution in [3.63, 3.8) is 0 Å². The molecular formula is C18H26O5. The number of carboxylic acids is 1. The van der Waals surface area contributed by atoms with E-state index in [1.807, 2.05) is 6.92 Å². The summed E-state index contributed by atoms with van der Waals surface area (Å²) < 4.78 is 5.27. The first-order valence-corrected chi connectivity index (χ1v) is 7.96. The molecule has 2 atom stereocenters. The van der Waals surface area contributed by atoms with Crippen molar-refractivity contribution in [1.29, 1.82) is 0 Å². The predicted molar refractivity (Wildman–Crippen MR) is 87.5 cm³/mol. The summed E-state index contributed by atoms with van der Waals surface area (Å²) in [5.74, 6) is -0.916. The van der Waals surface area contributed by atoms with Crippen molar-refractivity contribution in [2.45, 2.75) is 33.6 Å². The van der Waals surface area contributed by atoms with Gasteiger partial charge in [0, 0.05) is 6.61 Å². The average Bonchev–Trinajstić information content (AvgIpc) is 2.52. The van der Waals surface area contributed by atoms with Gasteiger partial charge in [-0.1, -0.05) is 33.3 Å². The Morgan fingerprint density at radius 1 is 1.13 bits per heavy atom. The summed E-state index contributed by atoms with van der Waals surface area (Å²) >= 11 is 0. The molecule has 0 aliphatic carbocycles. The van der Waals surface area contributed by atoms with Crippen LogP contribution in [-0.2, 0) is 4.74 Å². The Morgan fingerprint density at radius 3 is 2.35 bits per heavy atom. The fourth-order valence-corrected chi connectivity index (χ4v) is 2.31. The first-order valence-electron chi connectivity index (χ1n) is 7.96. The van der Waals surface area contributed by atoms with Crippen molar-refractivity contribution in [3.8, 4) is 0 Å². The van der Waals surface area contributed by atoms with Gasteiger partial charge in [0.05, 0.1) is 17.7 Å². The van der Waals surface area contributed by atoms with E-state index < -0.39 is 11.9 Å². The molecule has 0 bridgehead atoms. The zero-order chi connectivity index (χ0) is 17.4. The predicted octanol–water partition coefficient (Wildman–Crippen LogP) is 3.22. The maximum Gasteiger partial charge on any atom is 0.338 e. The van der Waals surface area contributed by atoms with E-state index in [1.54, 1.807) is 0 Å². The number of esters is 1. The van der Waals surface area contributed by atoms with Crippen LogP contribution in [-0.4, -0.2) is 35.4 Å². The van der Waals surface area contributed by atoms with Crippen molar-refractivity contribution < 1.29 is 24.5 Å². The molecule has 2 N–H and O–H groups in total. The number of ether oxygens (including phenoxy) is 1. The van der Waals surface area contributed by atoms with Gasteiger partial charge in [-0.25, -0.2) is 9.59 Å². The molecule has 0 aliphatic heterocycles. The van der Waals surface area contributed by atoms with E-state index in [1.165, 1.54) is 24.3 Å². The van der Waals surface area contributed by atoms with Crippen LogP contribution >= 0.6 is 0 Å². The van der Waals surface area contributed by atoms with Crippen molar-refractivity contribution in [2.75, 3.05) is 13.2 Å². The van der Waals surface area contributed by atoms with E-state index in [0.717, 1.165) is 12.8 Å². The lowest BCUT2D eigenvalue weighted by Gasteiger charge is -2.22. The molecular weight excluding hydrogens is 296 g/mol. The highest BCUT2D eigenvalue weighted by Gasteiger charge is 2.19. The number of carboxylic acid groups (broad SMARTS) is 1. The number of rotatable bonds is 9. The summed E-state index contributed by atoms with van der Waals surface area (Å²) in [6.07, 6.45) is 1.91. The fourth-order valence-electron chi connectivity index (χ4n) is 2.31. The van der Waals surface area contributed by atoms with Gasteiger partial charge in [0.25, 0.3) is 0 Å². The summed E-state index contributed by atoms with van der Waals surface area (Å²) in [5.41, 5.74) is 0.275. The van der Waals surface area contributed by atoms with Crippen molar-refractivity contribution >= 4 is 11.9 Å². The number of aliphatic hydroxyl groups is 1. The molecule has 23 heavy (non-hydrogen) atoms. The smallest absolute Gasteiger partial charge is 0.338 e. The third-order valence-electron chi connectivity index (χ3n) is 3.98. The molecule has 0 aliphatic rings. The number of carbonyl (C=O) groups is 2. The van der Waals surface area contributed by atoms with Crippen LogP contribution in [0.2, 0.25) is 0 Å². The zero-order valence-electron chi connectivity index (χ0n) is 14.0. The normalized spacial score (nSPS) is 13.6. The monoisotopic (exact) mass is 322 g/mol. The quantitative estimate of drug-likeness (QED) is 0.682. The summed E-state index contributed by atoms with van der Waals surface area (Å²) in [5, 5.41) is 18.4. The van der Waals surface area contributed by atoms with Gasteiger partial charge in [-0.15, -0.1) is 0 Å². The van der Waals surface area contributed by atoms with E-state index >= 15 is 0 Å². The lowest BCUT2D eigenvalue weighted by Crippen LogP contribution is -2.23. The molecule has 128 valence electrons. The van der Waals surface area contributed by atoms with Gasteiger partial charge in [0.15, 0.2) is 0 Å². The molecule has 1 rings (SSSR count). The maximum atomic E-state index is 12.0. The second kappa shape index (κ2) is 9.30. The van der Waals surface area contributed by atoms with Crippen molar-refractivity contribution in [3.05, 3.63) is 35.4 Å². The molecule has 0 fully saturated rings. The molecule has 0 saturated heterocycles. The van der Waals surface area contributed by atoms with Gasteiger partial charge in [-0.05, 0) is 42.4 Å². The van der Waals surface area contributed by atoms with Crippen LogP contribution in [0.3, 0.4) is 0 Å². The maximum absolute atomic E-state index is 12.0. The molecule has 0 amide bonds. The Morgan fingerprint density at radius 2 is 1.78 bits per heavy atom. The number of aromatic carboxylic acids is 1. The topological polar surface area (TPSA) is 83.8 Å². The Bertz CT molecular complexity index is 524. The van der Waals surface area contributed by atoms with Gasteiger partial charge in [0.1, 0.15) is 0 Å². The van der Waals surface area contributed by atoms with Crippen LogP contribution in [0.1, 0.15) is 54.3 Å². The van der Waals surface area contributed by atoms with Crippen molar-refractivity contribution in [2.24, 2.45) is 17.8 Å². The average molecular weight is 322 g/mol. The van der Waals surface area contributed by atoms with Gasteiger partial charge >= 0.3 is 11.9 Å². The SMILES string of the molecule is CC(C)CCC(CO)C(C)COC(=O)c1cccc(C(=O)O)c1. The Kier molecular flexibility index (Phi) is 7.75. The number of aliphatic hydroxyl groups excluding tert-OH is 1. The molecule has 0 radical (unpaired) electrons. The van der Waals surface area contributed by atoms with E-state index in [2.05, 4.69) is 13.8 Å².